The van der Waals surface area contributed by atoms with Crippen LogP contribution in [0.1, 0.15) is 57.4 Å². The first-order valence-electron chi connectivity index (χ1n) is 11.0. The van der Waals surface area contributed by atoms with Gasteiger partial charge in [0.1, 0.15) is 6.61 Å². The molecule has 0 saturated carbocycles. The number of carbonyl (C=O) groups excluding carboxylic acids is 5. The minimum Gasteiger partial charge on any atom is -0.457 e. The molecule has 0 unspecified atom stereocenters. The summed E-state index contributed by atoms with van der Waals surface area (Å²) in [6.45, 7) is 6.44. The van der Waals surface area contributed by atoms with Crippen LogP contribution in [0.25, 0.3) is 0 Å². The molecule has 3 aliphatic rings. The maximum absolute atomic E-state index is 11.5. The molecule has 4 amide bonds. The van der Waals surface area contributed by atoms with Crippen molar-refractivity contribution in [2.24, 2.45) is 0 Å². The lowest BCUT2D eigenvalue weighted by atomic mass is 10.1. The second-order valence-corrected chi connectivity index (χ2v) is 14.2. The minimum absolute atomic E-state index is 0.199. The number of benzene rings is 3. The van der Waals surface area contributed by atoms with Gasteiger partial charge in [-0.1, -0.05) is 18.2 Å². The van der Waals surface area contributed by atoms with Crippen molar-refractivity contribution in [2.75, 3.05) is 0 Å². The molecular formula is C26H12Br8N2O6. The van der Waals surface area contributed by atoms with Crippen molar-refractivity contribution >= 4 is 157 Å². The highest BCUT2D eigenvalue weighted by Gasteiger charge is 2.35. The van der Waals surface area contributed by atoms with E-state index in [1.807, 2.05) is 18.2 Å². The van der Waals surface area contributed by atoms with E-state index >= 15 is 0 Å². The Morgan fingerprint density at radius 1 is 0.524 bits per heavy atom. The molecule has 0 saturated heterocycles. The minimum atomic E-state index is -0.393. The third-order valence-electron chi connectivity index (χ3n) is 5.49. The second-order valence-electron chi connectivity index (χ2n) is 7.81. The van der Waals surface area contributed by atoms with Crippen LogP contribution in [0, 0.1) is 0 Å². The largest absolute Gasteiger partial charge is 0.457 e. The van der Waals surface area contributed by atoms with Gasteiger partial charge in [0.2, 0.25) is 0 Å². The Kier molecular flexibility index (Phi) is 12.5. The quantitative estimate of drug-likeness (QED) is 0.0762. The standard InChI is InChI=1S/2C8HBr4NO2.C8H6O2.C2H4/c2*9-3-1-2(8(15)13-7(1)14)4(10)6(12)5(3)11;9-8-7-4-2-1-3-6(7)5-10-8;1-2/h2*(H,13,14,15);1-4H,5H2;1-2H2. The molecule has 3 aromatic rings. The maximum atomic E-state index is 11.5. The zero-order valence-electron chi connectivity index (χ0n) is 20.4. The van der Waals surface area contributed by atoms with E-state index in [0.717, 1.165) is 5.56 Å². The predicted octanol–water partition coefficient (Wildman–Crippen LogP) is 9.40. The molecule has 218 valence electrons. The number of esters is 1. The molecule has 0 spiro atoms. The van der Waals surface area contributed by atoms with Gasteiger partial charge in [0, 0.05) is 41.3 Å². The molecule has 8 nitrogen and oxygen atoms in total. The van der Waals surface area contributed by atoms with E-state index in [4.69, 9.17) is 4.74 Å². The lowest BCUT2D eigenvalue weighted by Gasteiger charge is -2.07. The fourth-order valence-electron chi connectivity index (χ4n) is 3.64. The summed E-state index contributed by atoms with van der Waals surface area (Å²) in [5.74, 6) is -1.77. The van der Waals surface area contributed by atoms with Crippen LogP contribution >= 0.6 is 127 Å². The summed E-state index contributed by atoms with van der Waals surface area (Å²) in [5.41, 5.74) is 3.10. The maximum Gasteiger partial charge on any atom is 0.338 e. The Hall–Kier alpha value is -1.01. The first kappa shape index (κ1) is 35.5. The molecule has 3 aromatic carbocycles. The van der Waals surface area contributed by atoms with Gasteiger partial charge >= 0.3 is 5.97 Å². The van der Waals surface area contributed by atoms with Crippen LogP contribution < -0.4 is 10.6 Å². The number of hydrogen-bond donors (Lipinski definition) is 2. The van der Waals surface area contributed by atoms with E-state index < -0.39 is 23.6 Å². The number of hydrogen-bond acceptors (Lipinski definition) is 6. The van der Waals surface area contributed by atoms with Crippen LogP contribution in [0.4, 0.5) is 0 Å². The van der Waals surface area contributed by atoms with Crippen LogP contribution in [0.2, 0.25) is 0 Å². The van der Waals surface area contributed by atoms with Gasteiger partial charge in [0.25, 0.3) is 23.6 Å². The third kappa shape index (κ3) is 6.80. The Morgan fingerprint density at radius 2 is 0.833 bits per heavy atom. The molecule has 16 heteroatoms. The van der Waals surface area contributed by atoms with Crippen molar-refractivity contribution in [3.8, 4) is 0 Å². The first-order chi connectivity index (χ1) is 19.8. The SMILES string of the molecule is C=C.O=C1NC(=O)c2c(Br)c(Br)c(Br)c(Br)c21.O=C1NC(=O)c2c(Br)c(Br)c(Br)c(Br)c21.O=C1OCc2ccccc21. The molecule has 6 rings (SSSR count). The third-order valence-corrected chi connectivity index (χ3v) is 15.0. The van der Waals surface area contributed by atoms with Gasteiger partial charge in [-0.3, -0.25) is 29.8 Å². The van der Waals surface area contributed by atoms with E-state index in [9.17, 15) is 24.0 Å². The smallest absolute Gasteiger partial charge is 0.338 e. The number of amides is 4. The van der Waals surface area contributed by atoms with E-state index in [1.54, 1.807) is 6.07 Å². The lowest BCUT2D eigenvalue weighted by molar-refractivity contribution is 0.0534. The van der Waals surface area contributed by atoms with E-state index in [2.05, 4.69) is 151 Å². The fourth-order valence-corrected chi connectivity index (χ4v) is 8.60. The molecule has 0 bridgehead atoms. The molecule has 42 heavy (non-hydrogen) atoms. The van der Waals surface area contributed by atoms with Gasteiger partial charge in [-0.25, -0.2) is 4.79 Å². The number of imide groups is 2. The average molecular weight is 1090 g/mol. The predicted molar refractivity (Wildman–Crippen MR) is 185 cm³/mol. The van der Waals surface area contributed by atoms with Crippen molar-refractivity contribution in [3.63, 3.8) is 0 Å². The van der Waals surface area contributed by atoms with Crippen LogP contribution in [-0.2, 0) is 11.3 Å². The van der Waals surface area contributed by atoms with Gasteiger partial charge in [-0.05, 0) is 134 Å². The van der Waals surface area contributed by atoms with Gasteiger partial charge in [-0.2, -0.15) is 0 Å². The summed E-state index contributed by atoms with van der Waals surface area (Å²) in [6.07, 6.45) is 0. The topological polar surface area (TPSA) is 119 Å². The Balaban J connectivity index is 0.000000171. The molecule has 3 aliphatic heterocycles. The van der Waals surface area contributed by atoms with Gasteiger partial charge in [0.15, 0.2) is 0 Å². The van der Waals surface area contributed by atoms with Crippen LogP contribution in [0.5, 0.6) is 0 Å². The molecule has 0 fully saturated rings. The lowest BCUT2D eigenvalue weighted by Crippen LogP contribution is -2.20. The fraction of sp³-hybridized carbons (Fsp3) is 0.0385. The van der Waals surface area contributed by atoms with Gasteiger partial charge < -0.3 is 4.74 Å². The van der Waals surface area contributed by atoms with Crippen molar-refractivity contribution < 1.29 is 28.7 Å². The Labute approximate surface area is 306 Å². The summed E-state index contributed by atoms with van der Waals surface area (Å²) in [7, 11) is 0. The average Bonchev–Trinajstić information content (AvgIpc) is 3.61. The molecule has 2 N–H and O–H groups in total. The summed E-state index contributed by atoms with van der Waals surface area (Å²) >= 11 is 26.4. The van der Waals surface area contributed by atoms with E-state index in [0.29, 0.717) is 70.2 Å². The molecular weight excluding hydrogens is 1080 g/mol. The summed E-state index contributed by atoms with van der Waals surface area (Å²) in [6, 6.07) is 7.43. The summed E-state index contributed by atoms with van der Waals surface area (Å²) in [4.78, 5) is 56.8. The zero-order valence-corrected chi connectivity index (χ0v) is 33.1. The van der Waals surface area contributed by atoms with Crippen molar-refractivity contribution in [3.05, 3.63) is 107 Å². The molecule has 0 aliphatic carbocycles. The molecule has 0 atom stereocenters. The number of rotatable bonds is 0. The highest BCUT2D eigenvalue weighted by Crippen LogP contribution is 2.44. The van der Waals surface area contributed by atoms with Crippen molar-refractivity contribution in [1.82, 2.24) is 10.6 Å². The highest BCUT2D eigenvalue weighted by atomic mass is 79.9. The Morgan fingerprint density at radius 3 is 1.14 bits per heavy atom. The number of halogens is 8. The number of fused-ring (bicyclic) bond motifs is 3. The van der Waals surface area contributed by atoms with Crippen LogP contribution in [0.3, 0.4) is 0 Å². The van der Waals surface area contributed by atoms with Crippen molar-refractivity contribution in [2.45, 2.75) is 6.61 Å². The number of carbonyl (C=O) groups is 5. The number of nitrogens with one attached hydrogen (secondary N) is 2. The molecule has 0 aromatic heterocycles. The summed E-state index contributed by atoms with van der Waals surface area (Å²) in [5, 5.41) is 4.48. The van der Waals surface area contributed by atoms with Crippen LogP contribution in [0.15, 0.2) is 73.2 Å². The van der Waals surface area contributed by atoms with Crippen LogP contribution in [-0.4, -0.2) is 29.6 Å². The van der Waals surface area contributed by atoms with Gasteiger partial charge in [0.05, 0.1) is 27.8 Å². The number of cyclic esters (lactones) is 1. The van der Waals surface area contributed by atoms with E-state index in [-0.39, 0.29) is 5.97 Å². The van der Waals surface area contributed by atoms with E-state index in [1.165, 1.54) is 0 Å². The molecule has 0 radical (unpaired) electrons. The monoisotopic (exact) mass is 1080 g/mol. The first-order valence-corrected chi connectivity index (χ1v) is 17.3. The summed E-state index contributed by atoms with van der Waals surface area (Å²) < 4.78 is 9.82. The zero-order chi connectivity index (χ0) is 31.6. The Bertz CT molecular complexity index is 1530. The highest BCUT2D eigenvalue weighted by molar-refractivity contribution is 9.15. The van der Waals surface area contributed by atoms with Gasteiger partial charge in [-0.15, -0.1) is 13.2 Å². The second kappa shape index (κ2) is 14.8. The van der Waals surface area contributed by atoms with Crippen molar-refractivity contribution in [1.29, 1.82) is 0 Å². The number of ether oxygens (including phenoxy) is 1. The normalized spacial score (nSPS) is 13.7. The molecule has 3 heterocycles.